The molecule has 0 spiro atoms. The van der Waals surface area contributed by atoms with Crippen LogP contribution in [-0.4, -0.2) is 20.5 Å². The summed E-state index contributed by atoms with van der Waals surface area (Å²) in [4.78, 5) is 3.48. The van der Waals surface area contributed by atoms with Gasteiger partial charge in [0.1, 0.15) is 9.45 Å². The smallest absolute Gasteiger partial charge is 0.279 e. The summed E-state index contributed by atoms with van der Waals surface area (Å²) in [6.07, 6.45) is -3.04. The van der Waals surface area contributed by atoms with Gasteiger partial charge in [-0.3, -0.25) is 0 Å². The number of hydrogen-bond acceptors (Lipinski definition) is 4. The summed E-state index contributed by atoms with van der Waals surface area (Å²) in [5.74, 6) is -0.256. The normalized spacial score (nSPS) is 11.9. The van der Waals surface area contributed by atoms with E-state index in [4.69, 9.17) is 10.7 Å². The highest BCUT2D eigenvalue weighted by Gasteiger charge is 2.28. The van der Waals surface area contributed by atoms with Crippen molar-refractivity contribution in [2.45, 2.75) is 11.5 Å². The molecule has 0 saturated heterocycles. The molecule has 0 aliphatic heterocycles. The molecule has 0 radical (unpaired) electrons. The first-order valence-corrected chi connectivity index (χ1v) is 7.13. The molecule has 1 rings (SSSR count). The number of pyridine rings is 1. The van der Waals surface area contributed by atoms with Crippen molar-refractivity contribution in [2.75, 3.05) is 7.11 Å². The average Bonchev–Trinajstić information content (AvgIpc) is 2.14. The summed E-state index contributed by atoms with van der Waals surface area (Å²) in [5.41, 5.74) is -0.821. The second kappa shape index (κ2) is 4.96. The van der Waals surface area contributed by atoms with E-state index < -0.39 is 26.1 Å². The van der Waals surface area contributed by atoms with E-state index in [2.05, 4.69) is 9.72 Å². The minimum atomic E-state index is -4.34. The average molecular weight is 384 g/mol. The number of methoxy groups -OCH3 is 1. The van der Waals surface area contributed by atoms with Crippen molar-refractivity contribution in [3.63, 3.8) is 0 Å². The Labute approximate surface area is 109 Å². The number of rotatable bonds is 3. The van der Waals surface area contributed by atoms with Gasteiger partial charge >= 0.3 is 0 Å². The summed E-state index contributed by atoms with van der Waals surface area (Å²) in [6, 6.07) is 1.20. The maximum absolute atomic E-state index is 12.7. The minimum absolute atomic E-state index is 0.193. The fourth-order valence-corrected chi connectivity index (χ4v) is 2.74. The van der Waals surface area contributed by atoms with E-state index in [0.717, 1.165) is 7.11 Å². The van der Waals surface area contributed by atoms with Crippen LogP contribution in [0.2, 0.25) is 0 Å². The zero-order chi connectivity index (χ0) is 12.5. The van der Waals surface area contributed by atoms with E-state index in [9.17, 15) is 17.2 Å². The summed E-state index contributed by atoms with van der Waals surface area (Å²) in [7, 11) is 1.84. The highest BCUT2D eigenvalue weighted by atomic mass is 127. The maximum Gasteiger partial charge on any atom is 0.279 e. The molecule has 0 amide bonds. The van der Waals surface area contributed by atoms with Gasteiger partial charge in [0.25, 0.3) is 15.5 Å². The van der Waals surface area contributed by atoms with E-state index in [1.165, 1.54) is 6.07 Å². The number of nitrogens with zero attached hydrogens (tertiary/aromatic N) is 1. The lowest BCUT2D eigenvalue weighted by atomic mass is 10.2. The third kappa shape index (κ3) is 2.92. The van der Waals surface area contributed by atoms with Crippen molar-refractivity contribution in [3.05, 3.63) is 15.3 Å². The molecule has 0 saturated carbocycles. The molecule has 0 aliphatic carbocycles. The van der Waals surface area contributed by atoms with Gasteiger partial charge in [-0.2, -0.15) is 0 Å². The first-order valence-electron chi connectivity index (χ1n) is 3.74. The van der Waals surface area contributed by atoms with Crippen LogP contribution in [0.5, 0.6) is 5.75 Å². The van der Waals surface area contributed by atoms with E-state index in [0.29, 0.717) is 0 Å². The molecule has 0 aliphatic rings. The van der Waals surface area contributed by atoms with Crippen LogP contribution >= 0.6 is 33.3 Å². The lowest BCUT2D eigenvalue weighted by Gasteiger charge is -2.10. The Hall–Kier alpha value is -0.220. The molecule has 1 aromatic rings. The Kier molecular flexibility index (Phi) is 4.29. The second-order valence-electron chi connectivity index (χ2n) is 2.60. The Morgan fingerprint density at radius 3 is 2.50 bits per heavy atom. The van der Waals surface area contributed by atoms with Gasteiger partial charge in [0.05, 0.1) is 12.7 Å². The van der Waals surface area contributed by atoms with Gasteiger partial charge in [0.2, 0.25) is 0 Å². The van der Waals surface area contributed by atoms with Crippen molar-refractivity contribution in [3.8, 4) is 5.75 Å². The topological polar surface area (TPSA) is 56.3 Å². The molecular weight excluding hydrogens is 379 g/mol. The van der Waals surface area contributed by atoms with E-state index >= 15 is 0 Å². The molecule has 9 heteroatoms. The summed E-state index contributed by atoms with van der Waals surface area (Å²) in [5, 5.41) is -0.868. The zero-order valence-electron chi connectivity index (χ0n) is 7.75. The molecule has 4 nitrogen and oxygen atoms in total. The van der Waals surface area contributed by atoms with Gasteiger partial charge in [-0.05, 0) is 22.6 Å². The fourth-order valence-electron chi connectivity index (χ4n) is 1.04. The third-order valence-corrected chi connectivity index (χ3v) is 3.39. The van der Waals surface area contributed by atoms with Crippen LogP contribution in [0, 0.1) is 3.70 Å². The van der Waals surface area contributed by atoms with Gasteiger partial charge in [-0.25, -0.2) is 22.2 Å². The minimum Gasteiger partial charge on any atom is -0.496 e. The van der Waals surface area contributed by atoms with Gasteiger partial charge in [0.15, 0.2) is 5.03 Å². The second-order valence-corrected chi connectivity index (χ2v) is 6.19. The first-order chi connectivity index (χ1) is 7.27. The number of alkyl halides is 2. The monoisotopic (exact) mass is 383 g/mol. The van der Waals surface area contributed by atoms with E-state index in [1.807, 2.05) is 0 Å². The van der Waals surface area contributed by atoms with Crippen LogP contribution in [0.3, 0.4) is 0 Å². The summed E-state index contributed by atoms with van der Waals surface area (Å²) in [6.45, 7) is 0. The molecular formula is C7H5ClF2INO3S. The van der Waals surface area contributed by atoms with E-state index in [1.54, 1.807) is 22.6 Å². The fraction of sp³-hybridized carbons (Fsp3) is 0.286. The quantitative estimate of drug-likeness (QED) is 0.457. The van der Waals surface area contributed by atoms with Gasteiger partial charge in [-0.15, -0.1) is 0 Å². The Balaban J connectivity index is 3.64. The SMILES string of the molecule is COc1cc(I)nc(S(=O)(=O)Cl)c1C(F)F. The van der Waals surface area contributed by atoms with Crippen LogP contribution in [-0.2, 0) is 9.05 Å². The summed E-state index contributed by atoms with van der Waals surface area (Å²) >= 11 is 1.68. The molecule has 0 atom stereocenters. The molecule has 1 heterocycles. The number of halogens is 4. The largest absolute Gasteiger partial charge is 0.496 e. The number of aromatic nitrogens is 1. The highest BCUT2D eigenvalue weighted by molar-refractivity contribution is 14.1. The molecule has 0 aromatic carbocycles. The van der Waals surface area contributed by atoms with Gasteiger partial charge < -0.3 is 4.74 Å². The highest BCUT2D eigenvalue weighted by Crippen LogP contribution is 2.35. The molecule has 90 valence electrons. The number of hydrogen-bond donors (Lipinski definition) is 0. The first kappa shape index (κ1) is 13.8. The molecule has 0 fully saturated rings. The standard InChI is InChI=1S/C7H5ClF2INO3S/c1-15-3-2-4(11)12-7(16(8,13)14)5(3)6(9)10/h2,6H,1H3. The van der Waals surface area contributed by atoms with E-state index in [-0.39, 0.29) is 9.45 Å². The van der Waals surface area contributed by atoms with Crippen molar-refractivity contribution >= 4 is 42.3 Å². The van der Waals surface area contributed by atoms with Gasteiger partial charge in [-0.1, -0.05) is 0 Å². The zero-order valence-corrected chi connectivity index (χ0v) is 11.5. The Morgan fingerprint density at radius 2 is 2.12 bits per heavy atom. The molecule has 16 heavy (non-hydrogen) atoms. The van der Waals surface area contributed by atoms with Crippen LogP contribution in [0.15, 0.2) is 11.1 Å². The Morgan fingerprint density at radius 1 is 1.56 bits per heavy atom. The predicted molar refractivity (Wildman–Crippen MR) is 61.5 cm³/mol. The van der Waals surface area contributed by atoms with Crippen molar-refractivity contribution in [1.82, 2.24) is 4.98 Å². The van der Waals surface area contributed by atoms with Crippen molar-refractivity contribution in [2.24, 2.45) is 0 Å². The molecule has 0 N–H and O–H groups in total. The lowest BCUT2D eigenvalue weighted by Crippen LogP contribution is -2.06. The van der Waals surface area contributed by atoms with Gasteiger partial charge in [0, 0.05) is 16.7 Å². The maximum atomic E-state index is 12.7. The summed E-state index contributed by atoms with van der Waals surface area (Å²) < 4.78 is 52.4. The van der Waals surface area contributed by atoms with Crippen LogP contribution in [0.4, 0.5) is 8.78 Å². The third-order valence-electron chi connectivity index (χ3n) is 1.62. The molecule has 0 bridgehead atoms. The molecule has 1 aromatic heterocycles. The van der Waals surface area contributed by atoms with Crippen molar-refractivity contribution < 1.29 is 21.9 Å². The van der Waals surface area contributed by atoms with Crippen molar-refractivity contribution in [1.29, 1.82) is 0 Å². The van der Waals surface area contributed by atoms with Crippen LogP contribution in [0.1, 0.15) is 12.0 Å². The molecule has 0 unspecified atom stereocenters. The lowest BCUT2D eigenvalue weighted by molar-refractivity contribution is 0.142. The van der Waals surface area contributed by atoms with Crippen LogP contribution in [0.25, 0.3) is 0 Å². The predicted octanol–water partition coefficient (Wildman–Crippen LogP) is 2.56. The number of ether oxygens (including phenoxy) is 1. The Bertz CT molecular complexity index is 509. The van der Waals surface area contributed by atoms with Crippen LogP contribution < -0.4 is 4.74 Å².